The Morgan fingerprint density at radius 3 is 2.33 bits per heavy atom. The van der Waals surface area contributed by atoms with E-state index in [1.165, 1.54) is 26.7 Å². The number of benzene rings is 2. The molecule has 2 aromatic carbocycles. The molecule has 0 aliphatic rings. The van der Waals surface area contributed by atoms with Gasteiger partial charge in [0, 0.05) is 16.4 Å². The van der Waals surface area contributed by atoms with Crippen molar-refractivity contribution in [1.82, 2.24) is 5.32 Å². The molecule has 2 atom stereocenters. The average molecular weight is 346 g/mol. The molecule has 0 spiro atoms. The molecule has 0 aliphatic carbocycles. The van der Waals surface area contributed by atoms with Gasteiger partial charge in [0.15, 0.2) is 0 Å². The maximum atomic E-state index is 3.67. The lowest BCUT2D eigenvalue weighted by Gasteiger charge is -2.28. The summed E-state index contributed by atoms with van der Waals surface area (Å²) in [6, 6.07) is 15.6. The van der Waals surface area contributed by atoms with E-state index in [9.17, 15) is 0 Å². The van der Waals surface area contributed by atoms with Crippen molar-refractivity contribution < 1.29 is 0 Å². The number of nitrogens with one attached hydrogen (secondary N) is 1. The fourth-order valence-corrected chi connectivity index (χ4v) is 3.32. The first-order valence-corrected chi connectivity index (χ1v) is 8.38. The standard InChI is InChI=1S/C19H24BrN/c1-5-21-19(15(4)16-9-7-6-8-10-16)17-11-14(3)18(20)12-13(17)2/h6-12,15,19,21H,5H2,1-4H3. The minimum absolute atomic E-state index is 0.337. The van der Waals surface area contributed by atoms with Gasteiger partial charge in [0.25, 0.3) is 0 Å². The minimum atomic E-state index is 0.337. The third-order valence-electron chi connectivity index (χ3n) is 4.13. The van der Waals surface area contributed by atoms with Crippen LogP contribution in [-0.2, 0) is 0 Å². The molecule has 0 heterocycles. The predicted octanol–water partition coefficient (Wildman–Crippen LogP) is 5.52. The summed E-state index contributed by atoms with van der Waals surface area (Å²) in [5.41, 5.74) is 5.40. The summed E-state index contributed by atoms with van der Waals surface area (Å²) in [7, 11) is 0. The van der Waals surface area contributed by atoms with E-state index in [1.54, 1.807) is 0 Å². The number of likely N-dealkylation sites (N-methyl/N-ethyl adjacent to an activating group) is 1. The van der Waals surface area contributed by atoms with Gasteiger partial charge >= 0.3 is 0 Å². The van der Waals surface area contributed by atoms with Gasteiger partial charge in [-0.1, -0.05) is 66.2 Å². The molecule has 0 bridgehead atoms. The van der Waals surface area contributed by atoms with Crippen LogP contribution in [0.2, 0.25) is 0 Å². The number of hydrogen-bond donors (Lipinski definition) is 1. The number of halogens is 1. The molecule has 0 fully saturated rings. The molecule has 2 rings (SSSR count). The molecule has 0 saturated carbocycles. The maximum absolute atomic E-state index is 3.67. The fourth-order valence-electron chi connectivity index (χ4n) is 2.86. The topological polar surface area (TPSA) is 12.0 Å². The molecule has 1 nitrogen and oxygen atoms in total. The van der Waals surface area contributed by atoms with E-state index in [1.807, 2.05) is 0 Å². The first kappa shape index (κ1) is 16.3. The van der Waals surface area contributed by atoms with Crippen molar-refractivity contribution in [2.45, 2.75) is 39.7 Å². The zero-order chi connectivity index (χ0) is 15.4. The predicted molar refractivity (Wildman–Crippen MR) is 94.9 cm³/mol. The smallest absolute Gasteiger partial charge is 0.0389 e. The van der Waals surface area contributed by atoms with Gasteiger partial charge in [-0.15, -0.1) is 0 Å². The number of hydrogen-bond acceptors (Lipinski definition) is 1. The second kappa shape index (κ2) is 7.24. The van der Waals surface area contributed by atoms with Crippen LogP contribution in [0.15, 0.2) is 46.9 Å². The van der Waals surface area contributed by atoms with Gasteiger partial charge in [0.1, 0.15) is 0 Å². The molecule has 0 amide bonds. The van der Waals surface area contributed by atoms with E-state index >= 15 is 0 Å². The van der Waals surface area contributed by atoms with Gasteiger partial charge in [-0.2, -0.15) is 0 Å². The Kier molecular flexibility index (Phi) is 5.60. The molecule has 2 heteroatoms. The van der Waals surface area contributed by atoms with E-state index in [0.29, 0.717) is 12.0 Å². The highest BCUT2D eigenvalue weighted by Gasteiger charge is 2.22. The molecular formula is C19H24BrN. The highest BCUT2D eigenvalue weighted by Crippen LogP contribution is 2.34. The van der Waals surface area contributed by atoms with E-state index < -0.39 is 0 Å². The molecule has 0 aliphatic heterocycles. The Labute approximate surface area is 136 Å². The first-order valence-electron chi connectivity index (χ1n) is 7.59. The zero-order valence-corrected chi connectivity index (χ0v) is 14.9. The molecule has 0 aromatic heterocycles. The van der Waals surface area contributed by atoms with E-state index in [-0.39, 0.29) is 0 Å². The summed E-state index contributed by atoms with van der Waals surface area (Å²) in [5.74, 6) is 0.436. The third-order valence-corrected chi connectivity index (χ3v) is 4.99. The normalized spacial score (nSPS) is 14.0. The molecule has 0 saturated heterocycles. The van der Waals surface area contributed by atoms with Crippen molar-refractivity contribution in [3.63, 3.8) is 0 Å². The molecular weight excluding hydrogens is 322 g/mol. The third kappa shape index (κ3) is 3.75. The summed E-state index contributed by atoms with van der Waals surface area (Å²) in [6.45, 7) is 9.80. The Morgan fingerprint density at radius 1 is 1.05 bits per heavy atom. The van der Waals surface area contributed by atoms with Crippen LogP contribution in [0.5, 0.6) is 0 Å². The summed E-state index contributed by atoms with van der Waals surface area (Å²) < 4.78 is 1.19. The van der Waals surface area contributed by atoms with Gasteiger partial charge in [-0.3, -0.25) is 0 Å². The van der Waals surface area contributed by atoms with E-state index in [4.69, 9.17) is 0 Å². The molecule has 1 N–H and O–H groups in total. The largest absolute Gasteiger partial charge is 0.310 e. The monoisotopic (exact) mass is 345 g/mol. The number of rotatable bonds is 5. The average Bonchev–Trinajstić information content (AvgIpc) is 2.49. The quantitative estimate of drug-likeness (QED) is 0.752. The lowest BCUT2D eigenvalue weighted by Crippen LogP contribution is -2.26. The second-order valence-corrected chi connectivity index (χ2v) is 6.55. The lowest BCUT2D eigenvalue weighted by molar-refractivity contribution is 0.477. The van der Waals surface area contributed by atoms with Crippen LogP contribution < -0.4 is 5.32 Å². The van der Waals surface area contributed by atoms with Crippen LogP contribution in [0.4, 0.5) is 0 Å². The Bertz CT molecular complexity index is 592. The number of aryl methyl sites for hydroxylation is 2. The van der Waals surface area contributed by atoms with Crippen LogP contribution >= 0.6 is 15.9 Å². The van der Waals surface area contributed by atoms with Crippen molar-refractivity contribution in [2.75, 3.05) is 6.54 Å². The zero-order valence-electron chi connectivity index (χ0n) is 13.3. The van der Waals surface area contributed by atoms with Crippen LogP contribution in [0.3, 0.4) is 0 Å². The lowest BCUT2D eigenvalue weighted by atomic mass is 9.86. The van der Waals surface area contributed by atoms with Gasteiger partial charge in [-0.25, -0.2) is 0 Å². The molecule has 2 unspecified atom stereocenters. The van der Waals surface area contributed by atoms with Crippen LogP contribution in [0.25, 0.3) is 0 Å². The van der Waals surface area contributed by atoms with Crippen LogP contribution in [0, 0.1) is 13.8 Å². The first-order chi connectivity index (χ1) is 10.0. The molecule has 21 heavy (non-hydrogen) atoms. The second-order valence-electron chi connectivity index (χ2n) is 5.69. The van der Waals surface area contributed by atoms with Gasteiger partial charge in [-0.05, 0) is 48.7 Å². The Balaban J connectivity index is 2.42. The van der Waals surface area contributed by atoms with Crippen molar-refractivity contribution in [3.05, 3.63) is 69.2 Å². The summed E-state index contributed by atoms with van der Waals surface area (Å²) in [5, 5.41) is 3.67. The maximum Gasteiger partial charge on any atom is 0.0389 e. The van der Waals surface area contributed by atoms with Crippen LogP contribution in [-0.4, -0.2) is 6.54 Å². The molecule has 112 valence electrons. The molecule has 2 aromatic rings. The summed E-state index contributed by atoms with van der Waals surface area (Å²) in [4.78, 5) is 0. The highest BCUT2D eigenvalue weighted by atomic mass is 79.9. The van der Waals surface area contributed by atoms with Crippen LogP contribution in [0.1, 0.15) is 48.1 Å². The summed E-state index contributed by atoms with van der Waals surface area (Å²) in [6.07, 6.45) is 0. The fraction of sp³-hybridized carbons (Fsp3) is 0.368. The minimum Gasteiger partial charge on any atom is -0.310 e. The van der Waals surface area contributed by atoms with Crippen molar-refractivity contribution in [3.8, 4) is 0 Å². The van der Waals surface area contributed by atoms with Gasteiger partial charge in [0.05, 0.1) is 0 Å². The highest BCUT2D eigenvalue weighted by molar-refractivity contribution is 9.10. The summed E-state index contributed by atoms with van der Waals surface area (Å²) >= 11 is 3.63. The van der Waals surface area contributed by atoms with Crippen molar-refractivity contribution in [1.29, 1.82) is 0 Å². The SMILES string of the molecule is CCNC(c1cc(C)c(Br)cc1C)C(C)c1ccccc1. The Morgan fingerprint density at radius 2 is 1.71 bits per heavy atom. The van der Waals surface area contributed by atoms with Crippen molar-refractivity contribution >= 4 is 15.9 Å². The van der Waals surface area contributed by atoms with Crippen molar-refractivity contribution in [2.24, 2.45) is 0 Å². The van der Waals surface area contributed by atoms with E-state index in [0.717, 1.165) is 6.54 Å². The van der Waals surface area contributed by atoms with Gasteiger partial charge < -0.3 is 5.32 Å². The Hall–Kier alpha value is -1.12. The van der Waals surface area contributed by atoms with Gasteiger partial charge in [0.2, 0.25) is 0 Å². The van der Waals surface area contributed by atoms with E-state index in [2.05, 4.69) is 91.4 Å². The molecule has 0 radical (unpaired) electrons.